The highest BCUT2D eigenvalue weighted by Crippen LogP contribution is 2.14. The van der Waals surface area contributed by atoms with Crippen molar-refractivity contribution >= 4 is 11.7 Å². The molecule has 0 spiro atoms. The first-order chi connectivity index (χ1) is 12.6. The summed E-state index contributed by atoms with van der Waals surface area (Å²) in [7, 11) is 2.25. The van der Waals surface area contributed by atoms with Gasteiger partial charge in [0.25, 0.3) is 0 Å². The number of nitrogens with one attached hydrogen (secondary N) is 4. The molecule has 138 valence electrons. The molecule has 26 heavy (non-hydrogen) atoms. The van der Waals surface area contributed by atoms with Crippen LogP contribution in [0.15, 0.2) is 60.7 Å². The van der Waals surface area contributed by atoms with Crippen LogP contribution in [0.2, 0.25) is 0 Å². The Balaban J connectivity index is 1.70. The van der Waals surface area contributed by atoms with E-state index in [1.54, 1.807) is 9.80 Å². The first-order valence-electron chi connectivity index (χ1n) is 9.47. The number of hydrogen-bond acceptors (Lipinski definition) is 1. The summed E-state index contributed by atoms with van der Waals surface area (Å²) in [5, 5.41) is 6.08. The lowest BCUT2D eigenvalue weighted by molar-refractivity contribution is -1.02. The van der Waals surface area contributed by atoms with Crippen molar-refractivity contribution in [3.63, 3.8) is 0 Å². The molecule has 5 nitrogen and oxygen atoms in total. The number of amides is 2. The lowest BCUT2D eigenvalue weighted by Crippen LogP contribution is -3.27. The standard InChI is InChI=1S/C21H28N4O/c1-17(22-21(26)23-19-11-7-4-8-12-19)20(18-9-5-3-6-10-18)25-15-13-24(2)14-16-25/h3-12,17,20H,13-16H2,1-2H3,(H2,22,23,26)/p+2/t17-,20-/m1/s1. The summed E-state index contributed by atoms with van der Waals surface area (Å²) in [6.45, 7) is 6.69. The maximum absolute atomic E-state index is 12.5. The third-order valence-corrected chi connectivity index (χ3v) is 5.23. The Hall–Kier alpha value is -2.37. The molecule has 2 aromatic carbocycles. The normalized spacial score (nSPS) is 22.2. The highest BCUT2D eigenvalue weighted by molar-refractivity contribution is 5.89. The maximum atomic E-state index is 12.5. The van der Waals surface area contributed by atoms with Gasteiger partial charge in [0.05, 0.1) is 13.1 Å². The highest BCUT2D eigenvalue weighted by atomic mass is 16.2. The van der Waals surface area contributed by atoms with Crippen LogP contribution >= 0.6 is 0 Å². The lowest BCUT2D eigenvalue weighted by atomic mass is 9.98. The zero-order valence-electron chi connectivity index (χ0n) is 15.7. The number of anilines is 1. The van der Waals surface area contributed by atoms with Gasteiger partial charge in [-0.15, -0.1) is 0 Å². The van der Waals surface area contributed by atoms with Crippen LogP contribution in [-0.4, -0.2) is 45.3 Å². The van der Waals surface area contributed by atoms with Crippen LogP contribution in [0.25, 0.3) is 0 Å². The number of hydrogen-bond donors (Lipinski definition) is 4. The molecule has 1 saturated heterocycles. The molecule has 4 N–H and O–H groups in total. The van der Waals surface area contributed by atoms with E-state index in [0.717, 1.165) is 18.8 Å². The van der Waals surface area contributed by atoms with Crippen molar-refractivity contribution < 1.29 is 14.6 Å². The predicted octanol–water partition coefficient (Wildman–Crippen LogP) is 0.351. The van der Waals surface area contributed by atoms with Gasteiger partial charge in [-0.05, 0) is 19.1 Å². The molecule has 2 aromatic rings. The van der Waals surface area contributed by atoms with Crippen LogP contribution in [-0.2, 0) is 0 Å². The van der Waals surface area contributed by atoms with Gasteiger partial charge in [-0.25, -0.2) is 4.79 Å². The summed E-state index contributed by atoms with van der Waals surface area (Å²) in [6, 6.07) is 20.3. The number of carbonyl (C=O) groups is 1. The van der Waals surface area contributed by atoms with Crippen molar-refractivity contribution in [3.05, 3.63) is 66.2 Å². The Bertz CT molecular complexity index is 684. The molecule has 0 bridgehead atoms. The fraction of sp³-hybridized carbons (Fsp3) is 0.381. The number of quaternary nitrogens is 2. The highest BCUT2D eigenvalue weighted by Gasteiger charge is 2.34. The van der Waals surface area contributed by atoms with Gasteiger partial charge in [0, 0.05) is 11.3 Å². The minimum absolute atomic E-state index is 0.0366. The smallest absolute Gasteiger partial charge is 0.319 e. The molecule has 3 rings (SSSR count). The van der Waals surface area contributed by atoms with E-state index in [-0.39, 0.29) is 18.1 Å². The number of likely N-dealkylation sites (N-methyl/N-ethyl adjacent to an activating group) is 1. The molecule has 0 aromatic heterocycles. The Morgan fingerprint density at radius 2 is 1.50 bits per heavy atom. The zero-order valence-corrected chi connectivity index (χ0v) is 15.7. The van der Waals surface area contributed by atoms with Crippen LogP contribution in [0, 0.1) is 0 Å². The van der Waals surface area contributed by atoms with Crippen LogP contribution in [0.5, 0.6) is 0 Å². The first-order valence-corrected chi connectivity index (χ1v) is 9.47. The van der Waals surface area contributed by atoms with E-state index < -0.39 is 0 Å². The summed E-state index contributed by atoms with van der Waals surface area (Å²) in [4.78, 5) is 15.6. The molecular weight excluding hydrogens is 324 g/mol. The van der Waals surface area contributed by atoms with E-state index in [0.29, 0.717) is 0 Å². The molecule has 0 unspecified atom stereocenters. The minimum Gasteiger partial charge on any atom is -0.329 e. The van der Waals surface area contributed by atoms with E-state index in [9.17, 15) is 4.79 Å². The molecule has 5 heteroatoms. The third kappa shape index (κ3) is 4.84. The molecule has 2 atom stereocenters. The summed E-state index contributed by atoms with van der Waals surface area (Å²) >= 11 is 0. The fourth-order valence-corrected chi connectivity index (χ4v) is 3.83. The SMILES string of the molecule is C[C@@H](NC(=O)Nc1ccccc1)[C@H](c1ccccc1)[NH+]1CC[NH+](C)CC1. The van der Waals surface area contributed by atoms with Crippen LogP contribution in [0.4, 0.5) is 10.5 Å². The number of urea groups is 1. The molecule has 0 saturated carbocycles. The largest absolute Gasteiger partial charge is 0.329 e. The number of carbonyl (C=O) groups excluding carboxylic acids is 1. The Kier molecular flexibility index (Phi) is 6.26. The molecule has 1 fully saturated rings. The molecule has 1 aliphatic heterocycles. The second-order valence-corrected chi connectivity index (χ2v) is 7.26. The average molecular weight is 354 g/mol. The van der Waals surface area contributed by atoms with Crippen LogP contribution in [0.3, 0.4) is 0 Å². The Morgan fingerprint density at radius 3 is 2.12 bits per heavy atom. The van der Waals surface area contributed by atoms with Crippen molar-refractivity contribution in [2.75, 3.05) is 38.5 Å². The van der Waals surface area contributed by atoms with Crippen molar-refractivity contribution in [1.29, 1.82) is 0 Å². The fourth-order valence-electron chi connectivity index (χ4n) is 3.83. The molecule has 0 radical (unpaired) electrons. The number of rotatable bonds is 5. The number of benzene rings is 2. The van der Waals surface area contributed by atoms with Gasteiger partial charge in [-0.2, -0.15) is 0 Å². The van der Waals surface area contributed by atoms with Gasteiger partial charge in [-0.1, -0.05) is 48.5 Å². The molecule has 1 aliphatic rings. The second kappa shape index (κ2) is 8.83. The van der Waals surface area contributed by atoms with Gasteiger partial charge in [0.2, 0.25) is 0 Å². The van der Waals surface area contributed by atoms with E-state index in [2.05, 4.69) is 48.9 Å². The summed E-state index contributed by atoms with van der Waals surface area (Å²) in [6.07, 6.45) is 0. The van der Waals surface area contributed by atoms with Gasteiger partial charge in [-0.3, -0.25) is 0 Å². The van der Waals surface area contributed by atoms with Crippen LogP contribution < -0.4 is 20.4 Å². The van der Waals surface area contributed by atoms with E-state index in [4.69, 9.17) is 0 Å². The quantitative estimate of drug-likeness (QED) is 0.615. The molecular formula is C21H30N4O+2. The van der Waals surface area contributed by atoms with Crippen molar-refractivity contribution in [1.82, 2.24) is 5.32 Å². The Morgan fingerprint density at radius 1 is 0.923 bits per heavy atom. The summed E-state index contributed by atoms with van der Waals surface area (Å²) in [5.41, 5.74) is 2.10. The Labute approximate surface area is 156 Å². The molecule has 2 amide bonds. The minimum atomic E-state index is -0.149. The zero-order chi connectivity index (χ0) is 18.4. The average Bonchev–Trinajstić information content (AvgIpc) is 2.65. The van der Waals surface area contributed by atoms with Crippen molar-refractivity contribution in [2.24, 2.45) is 0 Å². The monoisotopic (exact) mass is 354 g/mol. The predicted molar refractivity (Wildman–Crippen MR) is 105 cm³/mol. The third-order valence-electron chi connectivity index (χ3n) is 5.23. The molecule has 1 heterocycles. The maximum Gasteiger partial charge on any atom is 0.319 e. The van der Waals surface area contributed by atoms with Gasteiger partial charge in [0.15, 0.2) is 0 Å². The van der Waals surface area contributed by atoms with Gasteiger partial charge >= 0.3 is 6.03 Å². The van der Waals surface area contributed by atoms with Crippen molar-refractivity contribution in [3.8, 4) is 0 Å². The van der Waals surface area contributed by atoms with E-state index >= 15 is 0 Å². The van der Waals surface area contributed by atoms with Gasteiger partial charge in [0.1, 0.15) is 32.2 Å². The van der Waals surface area contributed by atoms with E-state index in [1.807, 2.05) is 36.4 Å². The second-order valence-electron chi connectivity index (χ2n) is 7.26. The van der Waals surface area contributed by atoms with E-state index in [1.165, 1.54) is 18.7 Å². The van der Waals surface area contributed by atoms with Crippen molar-refractivity contribution in [2.45, 2.75) is 19.0 Å². The molecule has 0 aliphatic carbocycles. The lowest BCUT2D eigenvalue weighted by Gasteiger charge is -2.36. The van der Waals surface area contributed by atoms with Gasteiger partial charge < -0.3 is 20.4 Å². The van der Waals surface area contributed by atoms with Crippen LogP contribution in [0.1, 0.15) is 18.5 Å². The summed E-state index contributed by atoms with van der Waals surface area (Å²) in [5.74, 6) is 0. The summed E-state index contributed by atoms with van der Waals surface area (Å²) < 4.78 is 0. The number of para-hydroxylation sites is 1. The number of piperazine rings is 1. The topological polar surface area (TPSA) is 50.0 Å². The first kappa shape index (κ1) is 18.4.